The molecule has 5 aromatic rings. The van der Waals surface area contributed by atoms with Gasteiger partial charge in [-0.05, 0) is 54.7 Å². The van der Waals surface area contributed by atoms with Crippen LogP contribution < -0.4 is 5.32 Å². The van der Waals surface area contributed by atoms with E-state index < -0.39 is 17.2 Å². The first-order chi connectivity index (χ1) is 20.3. The van der Waals surface area contributed by atoms with Crippen molar-refractivity contribution < 1.29 is 22.7 Å². The molecule has 0 saturated heterocycles. The van der Waals surface area contributed by atoms with Crippen LogP contribution in [0.5, 0.6) is 0 Å². The number of esters is 1. The number of alkyl halides is 3. The molecule has 0 bridgehead atoms. The van der Waals surface area contributed by atoms with Crippen LogP contribution in [0.15, 0.2) is 97.1 Å². The minimum atomic E-state index is -4.51. The molecule has 0 radical (unpaired) electrons. The fourth-order valence-corrected chi connectivity index (χ4v) is 5.45. The number of carbonyl (C=O) groups excluding carboxylic acids is 1. The minimum absolute atomic E-state index is 0.0579. The largest absolute Gasteiger partial charge is 0.465 e. The van der Waals surface area contributed by atoms with E-state index >= 15 is 0 Å². The second-order valence-corrected chi connectivity index (χ2v) is 10.6. The van der Waals surface area contributed by atoms with Crippen molar-refractivity contribution in [3.8, 4) is 11.3 Å². The predicted molar refractivity (Wildman–Crippen MR) is 157 cm³/mol. The first-order valence-corrected chi connectivity index (χ1v) is 14.0. The monoisotopic (exact) mass is 569 g/mol. The van der Waals surface area contributed by atoms with Gasteiger partial charge in [-0.1, -0.05) is 78.9 Å². The zero-order chi connectivity index (χ0) is 29.3. The zero-order valence-electron chi connectivity index (χ0n) is 23.1. The molecule has 0 atom stereocenters. The maximum atomic E-state index is 13.8. The molecule has 5 nitrogen and oxygen atoms in total. The van der Waals surface area contributed by atoms with Gasteiger partial charge in [-0.3, -0.25) is 9.48 Å². The van der Waals surface area contributed by atoms with Crippen LogP contribution in [-0.2, 0) is 34.2 Å². The molecule has 6 rings (SSSR count). The van der Waals surface area contributed by atoms with Gasteiger partial charge in [-0.2, -0.15) is 18.3 Å². The van der Waals surface area contributed by atoms with Crippen LogP contribution in [0.3, 0.4) is 0 Å². The van der Waals surface area contributed by atoms with E-state index in [1.807, 2.05) is 85.8 Å². The summed E-state index contributed by atoms with van der Waals surface area (Å²) < 4.78 is 48.4. The van der Waals surface area contributed by atoms with Crippen molar-refractivity contribution in [2.45, 2.75) is 44.4 Å². The van der Waals surface area contributed by atoms with Crippen LogP contribution in [0.1, 0.15) is 42.0 Å². The fraction of sp³-hybridized carbons (Fsp3) is 0.235. The van der Waals surface area contributed by atoms with Gasteiger partial charge < -0.3 is 10.1 Å². The molecule has 1 aromatic heterocycles. The van der Waals surface area contributed by atoms with E-state index in [1.165, 1.54) is 6.07 Å². The summed E-state index contributed by atoms with van der Waals surface area (Å²) in [5, 5.41) is 8.32. The van der Waals surface area contributed by atoms with E-state index in [9.17, 15) is 18.0 Å². The summed E-state index contributed by atoms with van der Waals surface area (Å²) in [6, 6.07) is 29.4. The van der Waals surface area contributed by atoms with E-state index in [-0.39, 0.29) is 11.5 Å². The third-order valence-corrected chi connectivity index (χ3v) is 7.83. The molecule has 1 fully saturated rings. The standard InChI is InChI=1S/C34H30F3N3O2/c1-2-42-32(41)33(19-20-33)26-15-11-23(12-16-26)21-38-27-17-13-25(14-18-27)31-28-9-6-10-29(34(35,36)37)30(28)39-40(31)22-24-7-4-3-5-8-24/h3-18,38H,2,19-22H2,1H3. The maximum absolute atomic E-state index is 13.8. The van der Waals surface area contributed by atoms with Gasteiger partial charge in [0.05, 0.1) is 29.8 Å². The number of fused-ring (bicyclic) bond motifs is 1. The van der Waals surface area contributed by atoms with E-state index in [4.69, 9.17) is 4.74 Å². The van der Waals surface area contributed by atoms with Crippen molar-refractivity contribution in [1.29, 1.82) is 0 Å². The number of aromatic nitrogens is 2. The van der Waals surface area contributed by atoms with Crippen molar-refractivity contribution >= 4 is 22.6 Å². The van der Waals surface area contributed by atoms with E-state index in [0.29, 0.717) is 30.8 Å². The Morgan fingerprint density at radius 1 is 0.905 bits per heavy atom. The average molecular weight is 570 g/mol. The lowest BCUT2D eigenvalue weighted by molar-refractivity contribution is -0.146. The number of rotatable bonds is 9. The Morgan fingerprint density at radius 2 is 1.62 bits per heavy atom. The van der Waals surface area contributed by atoms with Crippen LogP contribution in [-0.4, -0.2) is 22.4 Å². The molecule has 0 spiro atoms. The Kier molecular flexibility index (Phi) is 7.22. The summed E-state index contributed by atoms with van der Waals surface area (Å²) in [6.07, 6.45) is -2.88. The highest BCUT2D eigenvalue weighted by Gasteiger charge is 2.52. The molecule has 4 aromatic carbocycles. The number of halogens is 3. The number of carbonyl (C=O) groups is 1. The van der Waals surface area contributed by atoms with Crippen LogP contribution in [0.25, 0.3) is 22.2 Å². The quantitative estimate of drug-likeness (QED) is 0.183. The fourth-order valence-electron chi connectivity index (χ4n) is 5.45. The normalized spacial score (nSPS) is 14.1. The van der Waals surface area contributed by atoms with Gasteiger partial charge in [-0.25, -0.2) is 0 Å². The number of benzene rings is 4. The van der Waals surface area contributed by atoms with Crippen molar-refractivity contribution in [2.24, 2.45) is 0 Å². The molecular formula is C34H30F3N3O2. The molecule has 1 N–H and O–H groups in total. The number of nitrogens with one attached hydrogen (secondary N) is 1. The number of hydrogen-bond donors (Lipinski definition) is 1. The topological polar surface area (TPSA) is 56.1 Å². The number of nitrogens with zero attached hydrogens (tertiary/aromatic N) is 2. The van der Waals surface area contributed by atoms with Crippen LogP contribution >= 0.6 is 0 Å². The molecule has 1 aliphatic rings. The number of anilines is 1. The molecule has 1 heterocycles. The Labute approximate surface area is 241 Å². The summed E-state index contributed by atoms with van der Waals surface area (Å²) in [6.45, 7) is 3.12. The first-order valence-electron chi connectivity index (χ1n) is 14.0. The highest BCUT2D eigenvalue weighted by atomic mass is 19.4. The van der Waals surface area contributed by atoms with Crippen LogP contribution in [0.2, 0.25) is 0 Å². The minimum Gasteiger partial charge on any atom is -0.465 e. The van der Waals surface area contributed by atoms with Gasteiger partial charge >= 0.3 is 12.1 Å². The molecular weight excluding hydrogens is 539 g/mol. The highest BCUT2D eigenvalue weighted by molar-refractivity contribution is 5.95. The maximum Gasteiger partial charge on any atom is 0.418 e. The third-order valence-electron chi connectivity index (χ3n) is 7.83. The summed E-state index contributed by atoms with van der Waals surface area (Å²) in [7, 11) is 0. The molecule has 0 unspecified atom stereocenters. The van der Waals surface area contributed by atoms with Gasteiger partial charge in [0.1, 0.15) is 5.52 Å². The van der Waals surface area contributed by atoms with E-state index in [0.717, 1.165) is 46.8 Å². The van der Waals surface area contributed by atoms with Gasteiger partial charge in [0.2, 0.25) is 0 Å². The average Bonchev–Trinajstić information content (AvgIpc) is 3.73. The lowest BCUT2D eigenvalue weighted by Gasteiger charge is -2.15. The highest BCUT2D eigenvalue weighted by Crippen LogP contribution is 2.49. The summed E-state index contributed by atoms with van der Waals surface area (Å²) >= 11 is 0. The smallest absolute Gasteiger partial charge is 0.418 e. The van der Waals surface area contributed by atoms with Crippen molar-refractivity contribution in [3.05, 3.63) is 119 Å². The zero-order valence-corrected chi connectivity index (χ0v) is 23.1. The lowest BCUT2D eigenvalue weighted by atomic mass is 9.95. The van der Waals surface area contributed by atoms with Gasteiger partial charge in [0.25, 0.3) is 0 Å². The third kappa shape index (κ3) is 5.36. The Morgan fingerprint density at radius 3 is 2.26 bits per heavy atom. The first kappa shape index (κ1) is 27.6. The van der Waals surface area contributed by atoms with Gasteiger partial charge in [0.15, 0.2) is 0 Å². The molecule has 0 aliphatic heterocycles. The summed E-state index contributed by atoms with van der Waals surface area (Å²) in [4.78, 5) is 12.4. The van der Waals surface area contributed by atoms with Crippen molar-refractivity contribution in [1.82, 2.24) is 9.78 Å². The van der Waals surface area contributed by atoms with E-state index in [2.05, 4.69) is 10.4 Å². The van der Waals surface area contributed by atoms with Crippen molar-refractivity contribution in [2.75, 3.05) is 11.9 Å². The van der Waals surface area contributed by atoms with Gasteiger partial charge in [-0.15, -0.1) is 0 Å². The Bertz CT molecular complexity index is 1710. The molecule has 1 aliphatic carbocycles. The van der Waals surface area contributed by atoms with Crippen molar-refractivity contribution in [3.63, 3.8) is 0 Å². The second-order valence-electron chi connectivity index (χ2n) is 10.6. The molecule has 42 heavy (non-hydrogen) atoms. The van der Waals surface area contributed by atoms with E-state index in [1.54, 1.807) is 10.7 Å². The SMILES string of the molecule is CCOC(=O)C1(c2ccc(CNc3ccc(-c4c5cccc(C(F)(F)F)c5nn4Cc4ccccc4)cc3)cc2)CC1. The van der Waals surface area contributed by atoms with Crippen LogP contribution in [0, 0.1) is 0 Å². The van der Waals surface area contributed by atoms with Gasteiger partial charge in [0, 0.05) is 23.2 Å². The molecule has 0 amide bonds. The number of hydrogen-bond acceptors (Lipinski definition) is 4. The summed E-state index contributed by atoms with van der Waals surface area (Å²) in [5.41, 5.74) is 3.99. The molecule has 1 saturated carbocycles. The predicted octanol–water partition coefficient (Wildman–Crippen LogP) is 7.98. The Balaban J connectivity index is 1.23. The lowest BCUT2D eigenvalue weighted by Crippen LogP contribution is -2.23. The Hall–Kier alpha value is -4.59. The molecule has 214 valence electrons. The summed E-state index contributed by atoms with van der Waals surface area (Å²) in [5.74, 6) is -0.150. The molecule has 8 heteroatoms. The number of ether oxygens (including phenoxy) is 1. The second kappa shape index (κ2) is 11.0. The van der Waals surface area contributed by atoms with Crippen LogP contribution in [0.4, 0.5) is 18.9 Å².